The maximum absolute atomic E-state index is 11.6. The molecule has 0 unspecified atom stereocenters. The van der Waals surface area contributed by atoms with E-state index in [1.165, 1.54) is 0 Å². The van der Waals surface area contributed by atoms with Crippen LogP contribution in [0.4, 0.5) is 0 Å². The van der Waals surface area contributed by atoms with E-state index in [0.29, 0.717) is 0 Å². The summed E-state index contributed by atoms with van der Waals surface area (Å²) in [5.41, 5.74) is 1.86. The van der Waals surface area contributed by atoms with Gasteiger partial charge in [-0.25, -0.2) is 4.68 Å². The van der Waals surface area contributed by atoms with Crippen LogP contribution >= 0.6 is 0 Å². The molecule has 0 fully saturated rings. The van der Waals surface area contributed by atoms with Crippen molar-refractivity contribution in [2.45, 2.75) is 6.92 Å². The predicted octanol–water partition coefficient (Wildman–Crippen LogP) is -2.64. The highest BCUT2D eigenvalue weighted by molar-refractivity contribution is 5.30. The van der Waals surface area contributed by atoms with Crippen molar-refractivity contribution in [1.29, 1.82) is 0 Å². The van der Waals surface area contributed by atoms with Crippen LogP contribution in [0.3, 0.4) is 0 Å². The van der Waals surface area contributed by atoms with Crippen LogP contribution in [0.15, 0.2) is 41.2 Å². The first-order valence-electron chi connectivity index (χ1n) is 5.14. The fraction of sp³-hybridized carbons (Fsp3) is 0.182. The van der Waals surface area contributed by atoms with Gasteiger partial charge in [0.05, 0.1) is 20.6 Å². The Balaban J connectivity index is 0.000000312. The number of rotatable bonds is 1. The molecule has 1 N–H and O–H groups in total. The summed E-state index contributed by atoms with van der Waals surface area (Å²) in [5.74, 6) is 0. The zero-order chi connectivity index (χ0) is 14.6. The zero-order valence-corrected chi connectivity index (χ0v) is 11.1. The van der Waals surface area contributed by atoms with Gasteiger partial charge in [-0.05, 0) is 19.1 Å². The van der Waals surface area contributed by atoms with Crippen LogP contribution in [0.1, 0.15) is 5.69 Å². The molecule has 1 aromatic heterocycles. The summed E-state index contributed by atoms with van der Waals surface area (Å²) in [6.45, 7) is 1.92. The van der Waals surface area contributed by atoms with Crippen molar-refractivity contribution in [2.24, 2.45) is 7.05 Å². The predicted molar refractivity (Wildman–Crippen MR) is 58.0 cm³/mol. The minimum Gasteiger partial charge on any atom is -0.285 e. The van der Waals surface area contributed by atoms with Gasteiger partial charge in [-0.1, -0.05) is 18.2 Å². The van der Waals surface area contributed by atoms with E-state index in [9.17, 15) is 4.79 Å². The van der Waals surface area contributed by atoms with E-state index in [0.717, 1.165) is 11.4 Å². The molecule has 1 heterocycles. The fourth-order valence-corrected chi connectivity index (χ4v) is 1.51. The average molecular weight is 289 g/mol. The quantitative estimate of drug-likeness (QED) is 0.616. The van der Waals surface area contributed by atoms with Crippen molar-refractivity contribution in [1.82, 2.24) is 9.36 Å². The molecule has 0 radical (unpaired) electrons. The lowest BCUT2D eigenvalue weighted by Crippen LogP contribution is -2.58. The van der Waals surface area contributed by atoms with E-state index < -0.39 is 10.2 Å². The van der Waals surface area contributed by atoms with Crippen LogP contribution in [-0.2, 0) is 7.05 Å². The molecule has 7 nitrogen and oxygen atoms in total. The number of benzene rings is 1. The second kappa shape index (κ2) is 6.00. The largest absolute Gasteiger partial charge is 0.285 e. The average Bonchev–Trinajstić information content (AvgIpc) is 2.52. The van der Waals surface area contributed by atoms with Crippen LogP contribution in [0, 0.1) is 17.2 Å². The summed E-state index contributed by atoms with van der Waals surface area (Å²) >= 11 is 0. The SMILES string of the molecule is Cc1cc(=O)n(-c2ccccc2)n1C.[O-][Cl+3]([O-])([O-])O. The molecule has 0 aliphatic carbocycles. The third-order valence-electron chi connectivity index (χ3n) is 2.35. The maximum Gasteiger partial charge on any atom is 0.271 e. The van der Waals surface area contributed by atoms with Crippen molar-refractivity contribution in [3.05, 3.63) is 52.4 Å². The normalized spacial score (nSPS) is 10.8. The smallest absolute Gasteiger partial charge is 0.271 e. The maximum atomic E-state index is 11.6. The Morgan fingerprint density at radius 1 is 1.16 bits per heavy atom. The van der Waals surface area contributed by atoms with Gasteiger partial charge < -0.3 is 0 Å². The van der Waals surface area contributed by atoms with Gasteiger partial charge >= 0.3 is 0 Å². The molecule has 2 aromatic rings. The number of hydrogen-bond acceptors (Lipinski definition) is 5. The van der Waals surface area contributed by atoms with Crippen LogP contribution in [-0.4, -0.2) is 14.0 Å². The third kappa shape index (κ3) is 4.86. The standard InChI is InChI=1S/C11H12N2O.ClHO4/c1-9-8-11(14)13(12(9)2)10-6-4-3-5-7-10;2-1(3,4)5/h3-8H,1-2H3;(H,2,3,4,5). The molecule has 0 amide bonds. The first-order valence-corrected chi connectivity index (χ1v) is 6.41. The molecule has 1 aromatic carbocycles. The van der Waals surface area contributed by atoms with Crippen molar-refractivity contribution in [3.63, 3.8) is 0 Å². The third-order valence-corrected chi connectivity index (χ3v) is 2.35. The van der Waals surface area contributed by atoms with E-state index in [-0.39, 0.29) is 5.56 Å². The second-order valence-corrected chi connectivity index (χ2v) is 4.48. The summed E-state index contributed by atoms with van der Waals surface area (Å²) in [4.78, 5) is 11.6. The van der Waals surface area contributed by atoms with Gasteiger partial charge in [-0.15, -0.1) is 0 Å². The van der Waals surface area contributed by atoms with Crippen LogP contribution in [0.25, 0.3) is 5.69 Å². The summed E-state index contributed by atoms with van der Waals surface area (Å²) in [6.07, 6.45) is 0. The minimum atomic E-state index is -4.69. The Morgan fingerprint density at radius 3 is 2.00 bits per heavy atom. The molecular weight excluding hydrogens is 276 g/mol. The Morgan fingerprint density at radius 2 is 1.63 bits per heavy atom. The van der Waals surface area contributed by atoms with Crippen LogP contribution in [0.5, 0.6) is 0 Å². The van der Waals surface area contributed by atoms with E-state index >= 15 is 0 Å². The summed E-state index contributed by atoms with van der Waals surface area (Å²) < 4.78 is 36.2. The molecule has 0 saturated heterocycles. The molecule has 2 rings (SSSR count). The Kier molecular flexibility index (Phi) is 4.87. The number of halogens is 1. The molecule has 0 bridgehead atoms. The van der Waals surface area contributed by atoms with Gasteiger partial charge in [-0.3, -0.25) is 9.48 Å². The monoisotopic (exact) mass is 288 g/mol. The molecular formula is C11H13ClN2O5. The number of nitrogens with zero attached hydrogens (tertiary/aromatic N) is 2. The fourth-order valence-electron chi connectivity index (χ4n) is 1.51. The highest BCUT2D eigenvalue weighted by atomic mass is 35.7. The lowest BCUT2D eigenvalue weighted by atomic mass is 10.3. The summed E-state index contributed by atoms with van der Waals surface area (Å²) in [6, 6.07) is 11.2. The second-order valence-electron chi connectivity index (χ2n) is 3.69. The molecule has 0 atom stereocenters. The van der Waals surface area contributed by atoms with Gasteiger partial charge in [0.2, 0.25) is 0 Å². The summed E-state index contributed by atoms with van der Waals surface area (Å²) in [5, 5.41) is 0. The van der Waals surface area contributed by atoms with E-state index in [2.05, 4.69) is 0 Å². The van der Waals surface area contributed by atoms with Gasteiger partial charge in [0.1, 0.15) is 0 Å². The molecule has 0 saturated carbocycles. The minimum absolute atomic E-state index is 0.0104. The number of aryl methyl sites for hydroxylation is 1. The van der Waals surface area contributed by atoms with Gasteiger partial charge in [-0.2, -0.15) is 14.0 Å². The Labute approximate surface area is 111 Å². The lowest BCUT2D eigenvalue weighted by Gasteiger charge is -2.07. The molecule has 8 heteroatoms. The van der Waals surface area contributed by atoms with E-state index in [1.807, 2.05) is 49.0 Å². The van der Waals surface area contributed by atoms with Crippen LogP contribution < -0.4 is 19.5 Å². The molecule has 104 valence electrons. The topological polar surface area (TPSA) is 116 Å². The van der Waals surface area contributed by atoms with Gasteiger partial charge in [0.15, 0.2) is 0 Å². The van der Waals surface area contributed by atoms with E-state index in [1.54, 1.807) is 10.7 Å². The zero-order valence-electron chi connectivity index (χ0n) is 10.3. The lowest BCUT2D eigenvalue weighted by molar-refractivity contribution is -1.92. The van der Waals surface area contributed by atoms with Crippen LogP contribution in [0.2, 0.25) is 0 Å². The Bertz CT molecular complexity index is 579. The van der Waals surface area contributed by atoms with Crippen molar-refractivity contribution in [2.75, 3.05) is 0 Å². The molecule has 0 aliphatic rings. The highest BCUT2D eigenvalue weighted by Crippen LogP contribution is 2.04. The number of hydrogen-bond donors (Lipinski definition) is 1. The summed E-state index contributed by atoms with van der Waals surface area (Å²) in [7, 11) is -2.82. The number of aromatic nitrogens is 2. The highest BCUT2D eigenvalue weighted by Gasteiger charge is 2.05. The molecule has 19 heavy (non-hydrogen) atoms. The van der Waals surface area contributed by atoms with Gasteiger partial charge in [0, 0.05) is 18.8 Å². The molecule has 0 aliphatic heterocycles. The van der Waals surface area contributed by atoms with Crippen molar-refractivity contribution >= 4 is 0 Å². The first-order chi connectivity index (χ1) is 8.70. The number of para-hydroxylation sites is 1. The van der Waals surface area contributed by atoms with Crippen molar-refractivity contribution in [3.8, 4) is 5.69 Å². The molecule has 0 spiro atoms. The van der Waals surface area contributed by atoms with E-state index in [4.69, 9.17) is 18.6 Å². The Hall–Kier alpha value is -1.64. The first kappa shape index (κ1) is 15.4. The van der Waals surface area contributed by atoms with Gasteiger partial charge in [0.25, 0.3) is 5.56 Å². The van der Waals surface area contributed by atoms with Crippen molar-refractivity contribution < 1.29 is 28.9 Å².